The van der Waals surface area contributed by atoms with Crippen molar-refractivity contribution < 1.29 is 8.42 Å². The molecule has 2 N–H and O–H groups in total. The minimum absolute atomic E-state index is 0.112. The Bertz CT molecular complexity index is 372. The van der Waals surface area contributed by atoms with Crippen LogP contribution in [0, 0.1) is 5.41 Å². The fraction of sp³-hybridized carbons (Fsp3) is 0.700. The molecule has 1 unspecified atom stereocenters. The summed E-state index contributed by atoms with van der Waals surface area (Å²) in [5.74, 6) is 0. The number of rotatable bonds is 5. The molecule has 1 rings (SSSR count). The molecule has 6 nitrogen and oxygen atoms in total. The Balaban J connectivity index is 2.40. The number of nitrogens with one attached hydrogen (secondary N) is 2. The Labute approximate surface area is 103 Å². The zero-order valence-electron chi connectivity index (χ0n) is 10.3. The fourth-order valence-electron chi connectivity index (χ4n) is 1.62. The van der Waals surface area contributed by atoms with Crippen molar-refractivity contribution in [2.24, 2.45) is 0 Å². The van der Waals surface area contributed by atoms with Gasteiger partial charge in [-0.15, -0.1) is 0 Å². The predicted molar refractivity (Wildman–Crippen MR) is 68.5 cm³/mol. The van der Waals surface area contributed by atoms with Crippen molar-refractivity contribution in [3.63, 3.8) is 0 Å². The van der Waals surface area contributed by atoms with Crippen LogP contribution in [0.3, 0.4) is 0 Å². The molecule has 1 heterocycles. The lowest BCUT2D eigenvalue weighted by Gasteiger charge is -2.32. The van der Waals surface area contributed by atoms with Crippen LogP contribution < -0.4 is 5.32 Å². The Morgan fingerprint density at radius 2 is 1.88 bits per heavy atom. The quantitative estimate of drug-likeness (QED) is 0.524. The van der Waals surface area contributed by atoms with Crippen molar-refractivity contribution in [1.29, 1.82) is 5.41 Å². The minimum Gasteiger partial charge on any atom is -0.375 e. The molecule has 0 radical (unpaired) electrons. The van der Waals surface area contributed by atoms with E-state index in [-0.39, 0.29) is 6.04 Å². The number of nitrogens with zero attached hydrogens (tertiary/aromatic N) is 2. The molecule has 1 aliphatic rings. The van der Waals surface area contributed by atoms with Crippen LogP contribution in [0.5, 0.6) is 0 Å². The van der Waals surface area contributed by atoms with Crippen molar-refractivity contribution >= 4 is 16.4 Å². The molecule has 0 aromatic heterocycles. The maximum Gasteiger partial charge on any atom is 0.211 e. The molecule has 17 heavy (non-hydrogen) atoms. The highest BCUT2D eigenvalue weighted by atomic mass is 32.2. The third kappa shape index (κ3) is 4.74. The van der Waals surface area contributed by atoms with Crippen molar-refractivity contribution in [2.75, 3.05) is 32.4 Å². The minimum atomic E-state index is -3.05. The summed E-state index contributed by atoms with van der Waals surface area (Å²) in [4.78, 5) is 2.09. The molecule has 0 amide bonds. The molecular formula is C10H20N4O2S. The number of hydrogen-bond donors (Lipinski definition) is 2. The summed E-state index contributed by atoms with van der Waals surface area (Å²) in [5, 5.41) is 9.73. The van der Waals surface area contributed by atoms with Gasteiger partial charge in [0.25, 0.3) is 0 Å². The Hall–Kier alpha value is -1.08. The van der Waals surface area contributed by atoms with Gasteiger partial charge in [-0.05, 0) is 19.2 Å². The normalized spacial score (nSPS) is 20.5. The van der Waals surface area contributed by atoms with Gasteiger partial charge < -0.3 is 10.2 Å². The molecule has 98 valence electrons. The van der Waals surface area contributed by atoms with Crippen molar-refractivity contribution in [2.45, 2.75) is 13.0 Å². The molecule has 0 spiro atoms. The van der Waals surface area contributed by atoms with E-state index in [1.54, 1.807) is 0 Å². The van der Waals surface area contributed by atoms with Gasteiger partial charge in [0.1, 0.15) is 0 Å². The van der Waals surface area contributed by atoms with E-state index >= 15 is 0 Å². The van der Waals surface area contributed by atoms with Crippen LogP contribution in [0.2, 0.25) is 0 Å². The third-order valence-corrected chi connectivity index (χ3v) is 3.98. The van der Waals surface area contributed by atoms with Gasteiger partial charge in [-0.1, -0.05) is 0 Å². The van der Waals surface area contributed by atoms with Crippen molar-refractivity contribution in [3.8, 4) is 0 Å². The van der Waals surface area contributed by atoms with Crippen molar-refractivity contribution in [1.82, 2.24) is 14.5 Å². The highest BCUT2D eigenvalue weighted by molar-refractivity contribution is 7.88. The summed E-state index contributed by atoms with van der Waals surface area (Å²) < 4.78 is 24.1. The van der Waals surface area contributed by atoms with E-state index < -0.39 is 10.0 Å². The average Bonchev–Trinajstić information content (AvgIpc) is 2.26. The molecule has 1 fully saturated rings. The topological polar surface area (TPSA) is 76.5 Å². The van der Waals surface area contributed by atoms with Crippen LogP contribution in [0.4, 0.5) is 0 Å². The van der Waals surface area contributed by atoms with Crippen LogP contribution in [-0.2, 0) is 10.0 Å². The SMILES string of the molecule is CC(/C=C/N1CCN(S(C)(=O)=O)CC1)NC=N. The second kappa shape index (κ2) is 6.02. The maximum atomic E-state index is 11.3. The summed E-state index contributed by atoms with van der Waals surface area (Å²) in [6.07, 6.45) is 6.33. The Morgan fingerprint density at radius 1 is 1.29 bits per heavy atom. The van der Waals surface area contributed by atoms with Gasteiger partial charge in [0, 0.05) is 32.2 Å². The van der Waals surface area contributed by atoms with Gasteiger partial charge in [0.05, 0.1) is 12.6 Å². The molecule has 1 saturated heterocycles. The molecular weight excluding hydrogens is 240 g/mol. The van der Waals surface area contributed by atoms with Gasteiger partial charge in [-0.2, -0.15) is 4.31 Å². The first-order valence-electron chi connectivity index (χ1n) is 5.56. The van der Waals surface area contributed by atoms with E-state index in [0.717, 1.165) is 6.34 Å². The van der Waals surface area contributed by atoms with E-state index in [4.69, 9.17) is 5.41 Å². The first-order valence-corrected chi connectivity index (χ1v) is 7.41. The zero-order chi connectivity index (χ0) is 12.9. The lowest BCUT2D eigenvalue weighted by Crippen LogP contribution is -2.46. The Kier molecular flexibility index (Phi) is 4.95. The van der Waals surface area contributed by atoms with E-state index in [0.29, 0.717) is 26.2 Å². The molecule has 0 aromatic carbocycles. The second-order valence-electron chi connectivity index (χ2n) is 4.14. The van der Waals surface area contributed by atoms with Gasteiger partial charge >= 0.3 is 0 Å². The zero-order valence-corrected chi connectivity index (χ0v) is 11.1. The van der Waals surface area contributed by atoms with E-state index in [2.05, 4.69) is 10.2 Å². The molecule has 0 aliphatic carbocycles. The number of sulfonamides is 1. The second-order valence-corrected chi connectivity index (χ2v) is 6.12. The lowest BCUT2D eigenvalue weighted by molar-refractivity contribution is 0.245. The Morgan fingerprint density at radius 3 is 2.35 bits per heavy atom. The predicted octanol–water partition coefficient (Wildman–Crippen LogP) is -0.338. The van der Waals surface area contributed by atoms with Gasteiger partial charge in [0.2, 0.25) is 10.0 Å². The van der Waals surface area contributed by atoms with Gasteiger partial charge in [-0.25, -0.2) is 8.42 Å². The highest BCUT2D eigenvalue weighted by Crippen LogP contribution is 2.06. The average molecular weight is 260 g/mol. The molecule has 7 heteroatoms. The fourth-order valence-corrected chi connectivity index (χ4v) is 2.45. The summed E-state index contributed by atoms with van der Waals surface area (Å²) >= 11 is 0. The summed E-state index contributed by atoms with van der Waals surface area (Å²) in [7, 11) is -3.05. The van der Waals surface area contributed by atoms with Crippen molar-refractivity contribution in [3.05, 3.63) is 12.3 Å². The van der Waals surface area contributed by atoms with Crippen LogP contribution in [0.1, 0.15) is 6.92 Å². The molecule has 0 aromatic rings. The lowest BCUT2D eigenvalue weighted by atomic mass is 10.3. The standard InChI is InChI=1S/C10H20N4O2S/c1-10(12-9-11)3-4-13-5-7-14(8-6-13)17(2,15)16/h3-4,9-10H,5-8H2,1-2H3,(H2,11,12)/b4-3+. The summed E-state index contributed by atoms with van der Waals surface area (Å²) in [5.41, 5.74) is 0. The third-order valence-electron chi connectivity index (χ3n) is 2.67. The molecule has 0 bridgehead atoms. The largest absolute Gasteiger partial charge is 0.375 e. The summed E-state index contributed by atoms with van der Waals surface area (Å²) in [6.45, 7) is 4.45. The molecule has 1 atom stereocenters. The van der Waals surface area contributed by atoms with E-state index in [9.17, 15) is 8.42 Å². The smallest absolute Gasteiger partial charge is 0.211 e. The van der Waals surface area contributed by atoms with Crippen LogP contribution >= 0.6 is 0 Å². The van der Waals surface area contributed by atoms with Crippen LogP contribution in [0.15, 0.2) is 12.3 Å². The molecule has 1 aliphatic heterocycles. The van der Waals surface area contributed by atoms with E-state index in [1.807, 2.05) is 19.2 Å². The van der Waals surface area contributed by atoms with Crippen LogP contribution in [-0.4, -0.2) is 62.4 Å². The summed E-state index contributed by atoms with van der Waals surface area (Å²) in [6, 6.07) is 0.112. The van der Waals surface area contributed by atoms with Crippen LogP contribution in [0.25, 0.3) is 0 Å². The first-order chi connectivity index (χ1) is 7.93. The maximum absolute atomic E-state index is 11.3. The monoisotopic (exact) mass is 260 g/mol. The number of hydrogen-bond acceptors (Lipinski definition) is 4. The van der Waals surface area contributed by atoms with Gasteiger partial charge in [0.15, 0.2) is 0 Å². The number of piperazine rings is 1. The van der Waals surface area contributed by atoms with E-state index in [1.165, 1.54) is 10.6 Å². The highest BCUT2D eigenvalue weighted by Gasteiger charge is 2.21. The first kappa shape index (κ1) is 14.0. The van der Waals surface area contributed by atoms with Gasteiger partial charge in [-0.3, -0.25) is 5.41 Å². The molecule has 0 saturated carbocycles.